The van der Waals surface area contributed by atoms with E-state index in [9.17, 15) is 19.2 Å². The zero-order valence-corrected chi connectivity index (χ0v) is 16.0. The summed E-state index contributed by atoms with van der Waals surface area (Å²) in [6.07, 6.45) is 3.91. The van der Waals surface area contributed by atoms with Gasteiger partial charge >= 0.3 is 0 Å². The summed E-state index contributed by atoms with van der Waals surface area (Å²) in [4.78, 5) is 51.2. The van der Waals surface area contributed by atoms with Gasteiger partial charge in [0.15, 0.2) is 11.6 Å². The normalized spacial score (nSPS) is 41.5. The number of nitrogens with one attached hydrogen (secondary N) is 2. The van der Waals surface area contributed by atoms with Crippen LogP contribution in [-0.4, -0.2) is 23.4 Å². The van der Waals surface area contributed by atoms with Crippen LogP contribution in [0.1, 0.15) is 66.2 Å². The minimum Gasteiger partial charge on any atom is -0.298 e. The van der Waals surface area contributed by atoms with Crippen LogP contribution in [0.5, 0.6) is 0 Å². The van der Waals surface area contributed by atoms with Gasteiger partial charge < -0.3 is 0 Å². The van der Waals surface area contributed by atoms with Crippen LogP contribution in [0.4, 0.5) is 0 Å². The first-order valence-corrected chi connectivity index (χ1v) is 9.69. The number of fused-ring (bicyclic) bond motifs is 4. The van der Waals surface area contributed by atoms with Crippen LogP contribution < -0.4 is 10.9 Å². The highest BCUT2D eigenvalue weighted by molar-refractivity contribution is 6.13. The summed E-state index contributed by atoms with van der Waals surface area (Å²) >= 11 is 0. The van der Waals surface area contributed by atoms with E-state index in [-0.39, 0.29) is 23.4 Å². The highest BCUT2D eigenvalue weighted by Crippen LogP contribution is 2.61. The largest absolute Gasteiger partial charge is 0.298 e. The van der Waals surface area contributed by atoms with Crippen LogP contribution in [0.15, 0.2) is 0 Å². The molecule has 4 saturated carbocycles. The first kappa shape index (κ1) is 17.7. The Balaban J connectivity index is 1.47. The topological polar surface area (TPSA) is 92.3 Å². The second-order valence-electron chi connectivity index (χ2n) is 10.1. The van der Waals surface area contributed by atoms with E-state index in [2.05, 4.69) is 10.9 Å². The molecule has 4 aliphatic rings. The number of hydrazine groups is 1. The number of carbonyl (C=O) groups is 4. The van der Waals surface area contributed by atoms with Crippen LogP contribution in [0.2, 0.25) is 0 Å². The molecule has 26 heavy (non-hydrogen) atoms. The minimum atomic E-state index is -1.02. The molecule has 0 aromatic rings. The number of hydrogen-bond acceptors (Lipinski definition) is 4. The van der Waals surface area contributed by atoms with Crippen LogP contribution in [-0.2, 0) is 19.2 Å². The lowest BCUT2D eigenvalue weighted by Gasteiger charge is -2.34. The van der Waals surface area contributed by atoms with Gasteiger partial charge in [-0.15, -0.1) is 0 Å². The van der Waals surface area contributed by atoms with E-state index in [0.717, 1.165) is 12.8 Å². The molecule has 0 heterocycles. The lowest BCUT2D eigenvalue weighted by Crippen LogP contribution is -2.56. The van der Waals surface area contributed by atoms with E-state index < -0.39 is 33.5 Å². The van der Waals surface area contributed by atoms with Gasteiger partial charge in [0.2, 0.25) is 0 Å². The van der Waals surface area contributed by atoms with Crippen molar-refractivity contribution in [1.82, 2.24) is 10.9 Å². The maximum Gasteiger partial charge on any atom is 0.252 e. The number of rotatable bonds is 2. The Morgan fingerprint density at radius 3 is 1.38 bits per heavy atom. The number of hydrogen-bond donors (Lipinski definition) is 2. The summed E-state index contributed by atoms with van der Waals surface area (Å²) in [5.74, 6) is -0.430. The van der Waals surface area contributed by atoms with E-state index in [1.165, 1.54) is 0 Å². The number of ketones is 2. The Morgan fingerprint density at radius 2 is 1.12 bits per heavy atom. The summed E-state index contributed by atoms with van der Waals surface area (Å²) in [5.41, 5.74) is 2.00. The van der Waals surface area contributed by atoms with Crippen molar-refractivity contribution in [3.05, 3.63) is 0 Å². The Bertz CT molecular complexity index is 678. The molecule has 0 saturated heterocycles. The molecule has 4 aliphatic carbocycles. The monoisotopic (exact) mass is 360 g/mol. The highest BCUT2D eigenvalue weighted by Gasteiger charge is 2.67. The van der Waals surface area contributed by atoms with Gasteiger partial charge in [0.05, 0.1) is 0 Å². The lowest BCUT2D eigenvalue weighted by atomic mass is 9.70. The van der Waals surface area contributed by atoms with E-state index >= 15 is 0 Å². The van der Waals surface area contributed by atoms with E-state index in [1.807, 2.05) is 27.7 Å². The molecule has 0 aromatic heterocycles. The van der Waals surface area contributed by atoms with Gasteiger partial charge in [0, 0.05) is 10.8 Å². The molecule has 0 radical (unpaired) electrons. The fraction of sp³-hybridized carbons (Fsp3) is 0.800. The molecular formula is C20H28N2O4. The van der Waals surface area contributed by atoms with Crippen molar-refractivity contribution in [3.63, 3.8) is 0 Å². The summed E-state index contributed by atoms with van der Waals surface area (Å²) in [5, 5.41) is 0. The average molecular weight is 360 g/mol. The molecule has 0 spiro atoms. The van der Waals surface area contributed by atoms with Crippen molar-refractivity contribution in [1.29, 1.82) is 0 Å². The van der Waals surface area contributed by atoms with E-state index in [4.69, 9.17) is 0 Å². The van der Waals surface area contributed by atoms with Gasteiger partial charge in [0.1, 0.15) is 10.8 Å². The highest BCUT2D eigenvalue weighted by atomic mass is 16.2. The Hall–Kier alpha value is -1.72. The molecule has 4 atom stereocenters. The third-order valence-corrected chi connectivity index (χ3v) is 8.27. The molecule has 2 amide bonds. The van der Waals surface area contributed by atoms with Crippen molar-refractivity contribution in [2.75, 3.05) is 0 Å². The van der Waals surface area contributed by atoms with Crippen molar-refractivity contribution >= 4 is 23.4 Å². The summed E-state index contributed by atoms with van der Waals surface area (Å²) in [6.45, 7) is 7.63. The smallest absolute Gasteiger partial charge is 0.252 e. The average Bonchev–Trinajstić information content (AvgIpc) is 3.30. The fourth-order valence-electron chi connectivity index (χ4n) is 6.31. The van der Waals surface area contributed by atoms with E-state index in [1.54, 1.807) is 0 Å². The van der Waals surface area contributed by atoms with Gasteiger partial charge in [0.25, 0.3) is 11.8 Å². The molecule has 0 aromatic carbocycles. The van der Waals surface area contributed by atoms with Crippen LogP contribution in [0, 0.1) is 33.5 Å². The Labute approximate surface area is 153 Å². The van der Waals surface area contributed by atoms with Crippen molar-refractivity contribution < 1.29 is 19.2 Å². The van der Waals surface area contributed by atoms with Gasteiger partial charge in [-0.05, 0) is 50.4 Å². The maximum atomic E-state index is 12.8. The molecule has 0 aliphatic heterocycles. The molecule has 142 valence electrons. The molecule has 6 nitrogen and oxygen atoms in total. The van der Waals surface area contributed by atoms with Gasteiger partial charge in [-0.2, -0.15) is 0 Å². The third-order valence-electron chi connectivity index (χ3n) is 8.27. The predicted octanol–water partition coefficient (Wildman–Crippen LogP) is 1.92. The lowest BCUT2D eigenvalue weighted by molar-refractivity contribution is -0.150. The van der Waals surface area contributed by atoms with Gasteiger partial charge in [-0.1, -0.05) is 27.7 Å². The molecule has 6 heteroatoms. The molecular weight excluding hydrogens is 332 g/mol. The molecule has 4 bridgehead atoms. The maximum absolute atomic E-state index is 12.8. The van der Waals surface area contributed by atoms with Crippen LogP contribution in [0.3, 0.4) is 0 Å². The minimum absolute atomic E-state index is 0.0230. The number of Topliss-reactive ketones (excluding diaryl/α,β-unsaturated/α-hetero) is 2. The van der Waals surface area contributed by atoms with Gasteiger partial charge in [-0.3, -0.25) is 30.0 Å². The molecule has 4 unspecified atom stereocenters. The Kier molecular flexibility index (Phi) is 3.37. The summed E-state index contributed by atoms with van der Waals surface area (Å²) < 4.78 is 0. The first-order valence-electron chi connectivity index (χ1n) is 9.69. The van der Waals surface area contributed by atoms with Crippen molar-refractivity contribution in [2.45, 2.75) is 66.2 Å². The SMILES string of the molecule is CC1(C)C(=O)C2(C(=O)NNC(=O)C34CCC(C3)C(C)(C)C4=O)CCC1C2. The third kappa shape index (κ3) is 1.88. The van der Waals surface area contributed by atoms with Crippen molar-refractivity contribution in [2.24, 2.45) is 33.5 Å². The first-order chi connectivity index (χ1) is 12.0. The van der Waals surface area contributed by atoms with E-state index in [0.29, 0.717) is 25.7 Å². The standard InChI is InChI=1S/C20H28N2O4/c1-17(2)11-5-7-19(9-11,13(17)23)15(25)21-22-16(26)20-8-6-12(10-20)18(3,4)14(20)24/h11-12H,5-10H2,1-4H3,(H,21,25)(H,22,26). The van der Waals surface area contributed by atoms with Gasteiger partial charge in [-0.25, -0.2) is 0 Å². The number of carbonyl (C=O) groups excluding carboxylic acids is 4. The quantitative estimate of drug-likeness (QED) is 0.581. The fourth-order valence-corrected chi connectivity index (χ4v) is 6.31. The zero-order valence-electron chi connectivity index (χ0n) is 16.0. The van der Waals surface area contributed by atoms with Crippen LogP contribution in [0.25, 0.3) is 0 Å². The zero-order chi connectivity index (χ0) is 19.1. The second kappa shape index (κ2) is 4.96. The summed E-state index contributed by atoms with van der Waals surface area (Å²) in [6, 6.07) is 0. The number of amides is 2. The van der Waals surface area contributed by atoms with Crippen molar-refractivity contribution in [3.8, 4) is 0 Å². The molecule has 4 rings (SSSR count). The molecule has 2 N–H and O–H groups in total. The predicted molar refractivity (Wildman–Crippen MR) is 93.4 cm³/mol. The van der Waals surface area contributed by atoms with Crippen LogP contribution >= 0.6 is 0 Å². The Morgan fingerprint density at radius 1 is 0.769 bits per heavy atom. The summed E-state index contributed by atoms with van der Waals surface area (Å²) in [7, 11) is 0. The second-order valence-corrected chi connectivity index (χ2v) is 10.1. The molecule has 4 fully saturated rings.